The van der Waals surface area contributed by atoms with E-state index in [2.05, 4.69) is 76.3 Å². The molecule has 0 saturated carbocycles. The second-order valence-electron chi connectivity index (χ2n) is 6.69. The van der Waals surface area contributed by atoms with Gasteiger partial charge in [-0.3, -0.25) is 0 Å². The van der Waals surface area contributed by atoms with Gasteiger partial charge in [0.15, 0.2) is 0 Å². The summed E-state index contributed by atoms with van der Waals surface area (Å²) in [6.07, 6.45) is 1.06. The largest absolute Gasteiger partial charge is 0.309 e. The minimum Gasteiger partial charge on any atom is -0.309 e. The quantitative estimate of drug-likeness (QED) is 0.795. The van der Waals surface area contributed by atoms with Crippen molar-refractivity contribution in [1.29, 1.82) is 0 Å². The van der Waals surface area contributed by atoms with Crippen molar-refractivity contribution in [3.05, 3.63) is 57.3 Å². The number of hydrogen-bond donors (Lipinski definition) is 1. The summed E-state index contributed by atoms with van der Waals surface area (Å²) in [6.45, 7) is 12.2. The fourth-order valence-corrected chi connectivity index (χ4v) is 3.66. The second-order valence-corrected chi connectivity index (χ2v) is 7.81. The van der Waals surface area contributed by atoms with E-state index in [-0.39, 0.29) is 5.41 Å². The van der Waals surface area contributed by atoms with E-state index in [1.807, 2.05) is 11.3 Å². The molecule has 1 unspecified atom stereocenters. The van der Waals surface area contributed by atoms with Crippen LogP contribution in [0.3, 0.4) is 0 Å². The van der Waals surface area contributed by atoms with Crippen LogP contribution in [0, 0.1) is 6.92 Å². The topological polar surface area (TPSA) is 12.0 Å². The zero-order valence-electron chi connectivity index (χ0n) is 13.9. The van der Waals surface area contributed by atoms with E-state index in [9.17, 15) is 0 Å². The Morgan fingerprint density at radius 2 is 1.81 bits per heavy atom. The summed E-state index contributed by atoms with van der Waals surface area (Å²) in [5.41, 5.74) is 3.06. The molecule has 21 heavy (non-hydrogen) atoms. The van der Waals surface area contributed by atoms with Gasteiger partial charge in [0.25, 0.3) is 0 Å². The number of benzene rings is 1. The summed E-state index contributed by atoms with van der Waals surface area (Å²) in [5.74, 6) is 0. The van der Waals surface area contributed by atoms with Crippen LogP contribution in [0.15, 0.2) is 36.4 Å². The Morgan fingerprint density at radius 1 is 1.10 bits per heavy atom. The number of aryl methyl sites for hydroxylation is 1. The lowest BCUT2D eigenvalue weighted by molar-refractivity contribution is 0.557. The van der Waals surface area contributed by atoms with E-state index in [1.165, 1.54) is 20.9 Å². The second kappa shape index (κ2) is 6.76. The van der Waals surface area contributed by atoms with Crippen LogP contribution in [0.2, 0.25) is 0 Å². The standard InChI is InChI=1S/C19H27NS/c1-6-20-16(13-15-10-8-7-9-14(15)2)17-11-12-18(21-17)19(3,4)5/h7-12,16,20H,6,13H2,1-5H3. The highest BCUT2D eigenvalue weighted by Crippen LogP contribution is 2.33. The molecule has 0 aliphatic rings. The first-order valence-corrected chi connectivity index (χ1v) is 8.61. The third kappa shape index (κ3) is 4.18. The van der Waals surface area contributed by atoms with Gasteiger partial charge in [-0.25, -0.2) is 0 Å². The highest BCUT2D eigenvalue weighted by molar-refractivity contribution is 7.12. The summed E-state index contributed by atoms with van der Waals surface area (Å²) in [5, 5.41) is 3.65. The number of thiophene rings is 1. The van der Waals surface area contributed by atoms with Crippen molar-refractivity contribution < 1.29 is 0 Å². The zero-order valence-corrected chi connectivity index (χ0v) is 14.7. The molecule has 1 N–H and O–H groups in total. The molecule has 1 atom stereocenters. The molecule has 1 aromatic carbocycles. The first kappa shape index (κ1) is 16.3. The zero-order chi connectivity index (χ0) is 15.5. The Kier molecular flexibility index (Phi) is 5.23. The van der Waals surface area contributed by atoms with Gasteiger partial charge in [-0.2, -0.15) is 0 Å². The van der Waals surface area contributed by atoms with Gasteiger partial charge in [-0.05, 0) is 48.6 Å². The maximum atomic E-state index is 3.65. The van der Waals surface area contributed by atoms with Gasteiger partial charge in [-0.1, -0.05) is 52.0 Å². The number of rotatable bonds is 5. The molecule has 0 aliphatic heterocycles. The van der Waals surface area contributed by atoms with Gasteiger partial charge in [0.1, 0.15) is 0 Å². The van der Waals surface area contributed by atoms with Crippen LogP contribution < -0.4 is 5.32 Å². The van der Waals surface area contributed by atoms with E-state index in [4.69, 9.17) is 0 Å². The first-order chi connectivity index (χ1) is 9.91. The van der Waals surface area contributed by atoms with Crippen LogP contribution in [0.25, 0.3) is 0 Å². The highest BCUT2D eigenvalue weighted by atomic mass is 32.1. The molecule has 2 heteroatoms. The predicted molar refractivity (Wildman–Crippen MR) is 94.3 cm³/mol. The summed E-state index contributed by atoms with van der Waals surface area (Å²) in [4.78, 5) is 2.91. The van der Waals surface area contributed by atoms with Crippen LogP contribution in [0.5, 0.6) is 0 Å². The number of likely N-dealkylation sites (N-methyl/N-ethyl adjacent to an activating group) is 1. The molecule has 2 aromatic rings. The third-order valence-corrected chi connectivity index (χ3v) is 5.47. The Labute approximate surface area is 133 Å². The van der Waals surface area contributed by atoms with Crippen molar-refractivity contribution >= 4 is 11.3 Å². The molecule has 2 rings (SSSR count). The predicted octanol–water partition coefficient (Wildman–Crippen LogP) is 5.25. The van der Waals surface area contributed by atoms with Crippen molar-refractivity contribution in [1.82, 2.24) is 5.32 Å². The summed E-state index contributed by atoms with van der Waals surface area (Å²) < 4.78 is 0. The van der Waals surface area contributed by atoms with E-state index in [0.29, 0.717) is 6.04 Å². The van der Waals surface area contributed by atoms with Crippen molar-refractivity contribution in [2.24, 2.45) is 0 Å². The number of nitrogens with one attached hydrogen (secondary N) is 1. The molecule has 114 valence electrons. The monoisotopic (exact) mass is 301 g/mol. The van der Waals surface area contributed by atoms with Gasteiger partial charge >= 0.3 is 0 Å². The maximum absolute atomic E-state index is 3.65. The van der Waals surface area contributed by atoms with Crippen molar-refractivity contribution in [3.8, 4) is 0 Å². The lowest BCUT2D eigenvalue weighted by Crippen LogP contribution is -2.22. The van der Waals surface area contributed by atoms with E-state index < -0.39 is 0 Å². The minimum absolute atomic E-state index is 0.238. The summed E-state index contributed by atoms with van der Waals surface area (Å²) in [6, 6.07) is 13.7. The average Bonchev–Trinajstić information content (AvgIpc) is 2.90. The average molecular weight is 301 g/mol. The van der Waals surface area contributed by atoms with Crippen molar-refractivity contribution in [2.75, 3.05) is 6.54 Å². The van der Waals surface area contributed by atoms with Gasteiger partial charge < -0.3 is 5.32 Å². The van der Waals surface area contributed by atoms with Crippen molar-refractivity contribution in [2.45, 2.75) is 52.5 Å². The van der Waals surface area contributed by atoms with Crippen LogP contribution in [-0.2, 0) is 11.8 Å². The highest BCUT2D eigenvalue weighted by Gasteiger charge is 2.20. The van der Waals surface area contributed by atoms with Gasteiger partial charge in [0, 0.05) is 15.8 Å². The van der Waals surface area contributed by atoms with Gasteiger partial charge in [0.05, 0.1) is 0 Å². The molecule has 0 spiro atoms. The SMILES string of the molecule is CCNC(Cc1ccccc1C)c1ccc(C(C)(C)C)s1. The smallest absolute Gasteiger partial charge is 0.0455 e. The summed E-state index contributed by atoms with van der Waals surface area (Å²) >= 11 is 1.95. The molecule has 0 amide bonds. The molecule has 1 aromatic heterocycles. The van der Waals surface area contributed by atoms with Gasteiger partial charge in [-0.15, -0.1) is 11.3 Å². The van der Waals surface area contributed by atoms with Crippen LogP contribution in [0.4, 0.5) is 0 Å². The Bertz CT molecular complexity index is 577. The third-order valence-electron chi connectivity index (χ3n) is 3.85. The lowest BCUT2D eigenvalue weighted by atomic mass is 9.95. The molecular formula is C19H27NS. The van der Waals surface area contributed by atoms with E-state index in [0.717, 1.165) is 13.0 Å². The molecule has 0 bridgehead atoms. The van der Waals surface area contributed by atoms with Crippen LogP contribution in [0.1, 0.15) is 54.6 Å². The fraction of sp³-hybridized carbons (Fsp3) is 0.474. The Balaban J connectivity index is 2.23. The van der Waals surface area contributed by atoms with E-state index >= 15 is 0 Å². The molecule has 1 nitrogen and oxygen atoms in total. The normalized spacial score (nSPS) is 13.4. The number of hydrogen-bond acceptors (Lipinski definition) is 2. The molecule has 1 heterocycles. The van der Waals surface area contributed by atoms with Crippen LogP contribution >= 0.6 is 11.3 Å². The maximum Gasteiger partial charge on any atom is 0.0455 e. The Hall–Kier alpha value is -1.12. The van der Waals surface area contributed by atoms with E-state index in [1.54, 1.807) is 0 Å². The molecule has 0 aliphatic carbocycles. The molecule has 0 fully saturated rings. The first-order valence-electron chi connectivity index (χ1n) is 7.80. The molecule has 0 radical (unpaired) electrons. The summed E-state index contributed by atoms with van der Waals surface area (Å²) in [7, 11) is 0. The fourth-order valence-electron chi connectivity index (χ4n) is 2.52. The molecular weight excluding hydrogens is 274 g/mol. The Morgan fingerprint density at radius 3 is 2.38 bits per heavy atom. The minimum atomic E-state index is 0.238. The van der Waals surface area contributed by atoms with Gasteiger partial charge in [0.2, 0.25) is 0 Å². The molecule has 0 saturated heterocycles. The van der Waals surface area contributed by atoms with Crippen molar-refractivity contribution in [3.63, 3.8) is 0 Å². The van der Waals surface area contributed by atoms with Crippen LogP contribution in [-0.4, -0.2) is 6.54 Å². The lowest BCUT2D eigenvalue weighted by Gasteiger charge is -2.19.